The number of nitrogens with one attached hydrogen (secondary N) is 1. The zero-order valence-electron chi connectivity index (χ0n) is 10.6. The lowest BCUT2D eigenvalue weighted by atomic mass is 10.2. The third-order valence-electron chi connectivity index (χ3n) is 2.63. The second-order valence-corrected chi connectivity index (χ2v) is 4.25. The fourth-order valence-electron chi connectivity index (χ4n) is 1.62. The van der Waals surface area contributed by atoms with Crippen molar-refractivity contribution in [3.05, 3.63) is 41.9 Å². The van der Waals surface area contributed by atoms with Gasteiger partial charge in [0, 0.05) is 25.4 Å². The van der Waals surface area contributed by atoms with E-state index >= 15 is 0 Å². The van der Waals surface area contributed by atoms with Crippen LogP contribution < -0.4 is 5.32 Å². The van der Waals surface area contributed by atoms with E-state index in [4.69, 9.17) is 0 Å². The third-order valence-corrected chi connectivity index (χ3v) is 2.63. The molecule has 0 bridgehead atoms. The molecule has 0 aliphatic carbocycles. The number of aliphatic hydroxyl groups excluding tert-OH is 1. The van der Waals surface area contributed by atoms with E-state index in [-0.39, 0.29) is 12.4 Å². The smallest absolute Gasteiger partial charge is 0.386 e. The molecule has 5 nitrogen and oxygen atoms in total. The Labute approximate surface area is 113 Å². The minimum Gasteiger partial charge on any atom is -0.386 e. The van der Waals surface area contributed by atoms with Gasteiger partial charge in [-0.3, -0.25) is 4.68 Å². The average Bonchev–Trinajstić information content (AvgIpc) is 2.82. The number of aliphatic hydroxyl groups is 1. The Morgan fingerprint density at radius 1 is 1.40 bits per heavy atom. The van der Waals surface area contributed by atoms with E-state index in [9.17, 15) is 18.3 Å². The molecule has 0 aliphatic rings. The molecule has 8 heteroatoms. The first-order valence-electron chi connectivity index (χ1n) is 5.81. The summed E-state index contributed by atoms with van der Waals surface area (Å²) >= 11 is 0. The van der Waals surface area contributed by atoms with E-state index < -0.39 is 18.0 Å². The summed E-state index contributed by atoms with van der Waals surface area (Å²) in [6, 6.07) is 3.56. The number of hydrogen-bond acceptors (Lipinski definition) is 4. The van der Waals surface area contributed by atoms with Gasteiger partial charge in [-0.05, 0) is 12.1 Å². The van der Waals surface area contributed by atoms with Gasteiger partial charge < -0.3 is 10.4 Å². The number of nitrogens with zero attached hydrogens (tertiary/aromatic N) is 3. The Kier molecular flexibility index (Phi) is 3.93. The highest BCUT2D eigenvalue weighted by Crippen LogP contribution is 2.28. The topological polar surface area (TPSA) is 63.0 Å². The first kappa shape index (κ1) is 14.3. The third kappa shape index (κ3) is 3.47. The number of pyridine rings is 1. The van der Waals surface area contributed by atoms with Crippen LogP contribution in [-0.2, 0) is 13.2 Å². The van der Waals surface area contributed by atoms with Gasteiger partial charge in [0.05, 0.1) is 12.3 Å². The highest BCUT2D eigenvalue weighted by Gasteiger charge is 2.32. The van der Waals surface area contributed by atoms with Crippen LogP contribution in [0.1, 0.15) is 17.4 Å². The van der Waals surface area contributed by atoms with Crippen LogP contribution in [0.25, 0.3) is 0 Å². The summed E-state index contributed by atoms with van der Waals surface area (Å²) in [5.74, 6) is 0.0581. The van der Waals surface area contributed by atoms with Gasteiger partial charge in [-0.1, -0.05) is 6.07 Å². The summed E-state index contributed by atoms with van der Waals surface area (Å²) in [4.78, 5) is 3.45. The maximum Gasteiger partial charge on any atom is 0.433 e. The number of anilines is 1. The van der Waals surface area contributed by atoms with Gasteiger partial charge in [-0.15, -0.1) is 0 Å². The van der Waals surface area contributed by atoms with Crippen molar-refractivity contribution >= 4 is 5.82 Å². The molecular weight excluding hydrogens is 273 g/mol. The molecule has 0 saturated carbocycles. The number of rotatable bonds is 4. The van der Waals surface area contributed by atoms with E-state index in [1.54, 1.807) is 13.2 Å². The molecule has 0 fully saturated rings. The summed E-state index contributed by atoms with van der Waals surface area (Å²) in [7, 11) is 1.71. The number of halogens is 3. The molecule has 0 saturated heterocycles. The number of aromatic nitrogens is 3. The van der Waals surface area contributed by atoms with Gasteiger partial charge in [0.15, 0.2) is 0 Å². The largest absolute Gasteiger partial charge is 0.433 e. The lowest BCUT2D eigenvalue weighted by Gasteiger charge is -2.12. The zero-order chi connectivity index (χ0) is 14.8. The maximum absolute atomic E-state index is 12.5. The molecule has 0 aromatic carbocycles. The summed E-state index contributed by atoms with van der Waals surface area (Å²) in [5.41, 5.74) is -0.398. The molecule has 0 radical (unpaired) electrons. The minimum atomic E-state index is -4.49. The van der Waals surface area contributed by atoms with E-state index in [0.29, 0.717) is 5.56 Å². The monoisotopic (exact) mass is 286 g/mol. The van der Waals surface area contributed by atoms with Crippen molar-refractivity contribution in [3.63, 3.8) is 0 Å². The van der Waals surface area contributed by atoms with E-state index in [2.05, 4.69) is 15.4 Å². The Balaban J connectivity index is 2.00. The highest BCUT2D eigenvalue weighted by atomic mass is 19.4. The molecule has 1 atom stereocenters. The molecule has 2 aromatic rings. The minimum absolute atomic E-state index is 0.0417. The first-order chi connectivity index (χ1) is 9.36. The Morgan fingerprint density at radius 2 is 2.15 bits per heavy atom. The lowest BCUT2D eigenvalue weighted by molar-refractivity contribution is -0.141. The van der Waals surface area contributed by atoms with Gasteiger partial charge in [0.25, 0.3) is 0 Å². The molecular formula is C12H13F3N4O. The molecule has 2 N–H and O–H groups in total. The Bertz CT molecular complexity index is 582. The van der Waals surface area contributed by atoms with Gasteiger partial charge in [0.2, 0.25) is 0 Å². The van der Waals surface area contributed by atoms with E-state index in [1.165, 1.54) is 23.0 Å². The molecule has 2 aromatic heterocycles. The molecule has 0 spiro atoms. The first-order valence-corrected chi connectivity index (χ1v) is 5.81. The van der Waals surface area contributed by atoms with Crippen molar-refractivity contribution in [2.24, 2.45) is 7.05 Å². The summed E-state index contributed by atoms with van der Waals surface area (Å²) in [6.45, 7) is 0.0417. The van der Waals surface area contributed by atoms with Crippen LogP contribution >= 0.6 is 0 Å². The van der Waals surface area contributed by atoms with Gasteiger partial charge in [-0.25, -0.2) is 4.98 Å². The molecule has 2 rings (SSSR count). The molecule has 20 heavy (non-hydrogen) atoms. The van der Waals surface area contributed by atoms with Crippen LogP contribution in [0.3, 0.4) is 0 Å². The van der Waals surface area contributed by atoms with Crippen LogP contribution in [0.2, 0.25) is 0 Å². The van der Waals surface area contributed by atoms with Gasteiger partial charge >= 0.3 is 6.18 Å². The van der Waals surface area contributed by atoms with Crippen LogP contribution in [0.5, 0.6) is 0 Å². The van der Waals surface area contributed by atoms with Gasteiger partial charge in [-0.2, -0.15) is 18.3 Å². The number of aryl methyl sites for hydroxylation is 1. The molecule has 0 amide bonds. The van der Waals surface area contributed by atoms with Crippen molar-refractivity contribution in [2.45, 2.75) is 12.3 Å². The summed E-state index contributed by atoms with van der Waals surface area (Å²) in [5, 5.41) is 16.4. The summed E-state index contributed by atoms with van der Waals surface area (Å²) in [6.07, 6.45) is -2.24. The van der Waals surface area contributed by atoms with Crippen LogP contribution in [0.4, 0.5) is 19.0 Å². The quantitative estimate of drug-likeness (QED) is 0.902. The molecule has 0 aliphatic heterocycles. The predicted octanol–water partition coefficient (Wildman–Crippen LogP) is 1.98. The van der Waals surface area contributed by atoms with Crippen LogP contribution in [-0.4, -0.2) is 26.4 Å². The Hall–Kier alpha value is -2.09. The van der Waals surface area contributed by atoms with Crippen molar-refractivity contribution in [3.8, 4) is 0 Å². The van der Waals surface area contributed by atoms with Crippen LogP contribution in [0.15, 0.2) is 30.6 Å². The molecule has 2 heterocycles. The van der Waals surface area contributed by atoms with Crippen molar-refractivity contribution in [1.82, 2.24) is 14.8 Å². The van der Waals surface area contributed by atoms with E-state index in [0.717, 1.165) is 6.07 Å². The standard InChI is InChI=1S/C12H13F3N4O/c1-19-7-8(5-17-19)9(20)6-16-11-4-2-3-10(18-11)12(13,14)15/h2-5,7,9,20H,6H2,1H3,(H,16,18). The summed E-state index contributed by atoms with van der Waals surface area (Å²) < 4.78 is 39.0. The molecule has 1 unspecified atom stereocenters. The van der Waals surface area contributed by atoms with Crippen molar-refractivity contribution in [2.75, 3.05) is 11.9 Å². The second kappa shape index (κ2) is 5.49. The van der Waals surface area contributed by atoms with Crippen LogP contribution in [0, 0.1) is 0 Å². The fourth-order valence-corrected chi connectivity index (χ4v) is 1.62. The van der Waals surface area contributed by atoms with E-state index in [1.807, 2.05) is 0 Å². The SMILES string of the molecule is Cn1cc(C(O)CNc2cccc(C(F)(F)F)n2)cn1. The second-order valence-electron chi connectivity index (χ2n) is 4.25. The average molecular weight is 286 g/mol. The lowest BCUT2D eigenvalue weighted by Crippen LogP contribution is -2.14. The number of hydrogen-bond donors (Lipinski definition) is 2. The molecule has 108 valence electrons. The normalized spacial score (nSPS) is 13.2. The fraction of sp³-hybridized carbons (Fsp3) is 0.333. The van der Waals surface area contributed by atoms with Gasteiger partial charge in [0.1, 0.15) is 11.5 Å². The predicted molar refractivity (Wildman–Crippen MR) is 65.9 cm³/mol. The Morgan fingerprint density at radius 3 is 2.75 bits per heavy atom. The zero-order valence-corrected chi connectivity index (χ0v) is 10.6. The van der Waals surface area contributed by atoms with Crippen molar-refractivity contribution < 1.29 is 18.3 Å². The number of alkyl halides is 3. The maximum atomic E-state index is 12.5. The van der Waals surface area contributed by atoms with Crippen molar-refractivity contribution in [1.29, 1.82) is 0 Å². The highest BCUT2D eigenvalue weighted by molar-refractivity contribution is 5.36.